The monoisotopic (exact) mass is 338 g/mol. The standard InChI is InChI=1S/C22H46N2/c1-20-21(15-19-24)14-10-7-5-3-4-6-8-11-16-22(20,2)17-12-9-13-18-23/h20-21H,3-19,23-24H2,1-2H3. The Morgan fingerprint density at radius 3 is 2.04 bits per heavy atom. The van der Waals surface area contributed by atoms with Gasteiger partial charge in [0.05, 0.1) is 0 Å². The molecule has 0 radical (unpaired) electrons. The molecule has 1 fully saturated rings. The summed E-state index contributed by atoms with van der Waals surface area (Å²) >= 11 is 0. The molecule has 0 aromatic heterocycles. The fourth-order valence-corrected chi connectivity index (χ4v) is 4.85. The van der Waals surface area contributed by atoms with Crippen LogP contribution in [0, 0.1) is 17.3 Å². The van der Waals surface area contributed by atoms with Crippen LogP contribution in [0.25, 0.3) is 0 Å². The third-order valence-corrected chi connectivity index (χ3v) is 6.87. The molecule has 2 heteroatoms. The van der Waals surface area contributed by atoms with E-state index in [4.69, 9.17) is 11.5 Å². The van der Waals surface area contributed by atoms with Crippen LogP contribution in [0.2, 0.25) is 0 Å². The van der Waals surface area contributed by atoms with Crippen LogP contribution in [0.5, 0.6) is 0 Å². The van der Waals surface area contributed by atoms with Crippen LogP contribution in [-0.4, -0.2) is 13.1 Å². The first-order valence-electron chi connectivity index (χ1n) is 11.0. The van der Waals surface area contributed by atoms with E-state index in [1.165, 1.54) is 96.3 Å². The first-order valence-corrected chi connectivity index (χ1v) is 11.0. The number of rotatable bonds is 7. The van der Waals surface area contributed by atoms with Gasteiger partial charge in [0.1, 0.15) is 0 Å². The molecule has 0 saturated heterocycles. The second-order valence-corrected chi connectivity index (χ2v) is 8.75. The highest BCUT2D eigenvalue weighted by molar-refractivity contribution is 4.85. The molecule has 0 aromatic carbocycles. The Morgan fingerprint density at radius 2 is 1.42 bits per heavy atom. The van der Waals surface area contributed by atoms with Gasteiger partial charge in [-0.15, -0.1) is 0 Å². The summed E-state index contributed by atoms with van der Waals surface area (Å²) in [6, 6.07) is 0. The van der Waals surface area contributed by atoms with Crippen LogP contribution in [0.3, 0.4) is 0 Å². The normalized spacial score (nSPS) is 31.0. The summed E-state index contributed by atoms with van der Waals surface area (Å²) in [4.78, 5) is 0. The molecule has 3 atom stereocenters. The predicted molar refractivity (Wildman–Crippen MR) is 108 cm³/mol. The largest absolute Gasteiger partial charge is 0.330 e. The molecular weight excluding hydrogens is 292 g/mol. The molecule has 0 amide bonds. The molecule has 24 heavy (non-hydrogen) atoms. The lowest BCUT2D eigenvalue weighted by Gasteiger charge is -2.41. The molecule has 0 bridgehead atoms. The van der Waals surface area contributed by atoms with E-state index in [0.29, 0.717) is 5.41 Å². The first kappa shape index (κ1) is 22.0. The minimum atomic E-state index is 0.502. The summed E-state index contributed by atoms with van der Waals surface area (Å²) in [5, 5.41) is 0. The molecule has 3 unspecified atom stereocenters. The average molecular weight is 339 g/mol. The molecule has 1 saturated carbocycles. The van der Waals surface area contributed by atoms with Crippen molar-refractivity contribution >= 4 is 0 Å². The van der Waals surface area contributed by atoms with Gasteiger partial charge in [0, 0.05) is 0 Å². The van der Waals surface area contributed by atoms with Gasteiger partial charge < -0.3 is 11.5 Å². The zero-order chi connectivity index (χ0) is 17.7. The van der Waals surface area contributed by atoms with Gasteiger partial charge in [-0.1, -0.05) is 84.5 Å². The van der Waals surface area contributed by atoms with Crippen molar-refractivity contribution in [3.8, 4) is 0 Å². The molecule has 1 aliphatic carbocycles. The topological polar surface area (TPSA) is 52.0 Å². The van der Waals surface area contributed by atoms with Gasteiger partial charge in [-0.3, -0.25) is 0 Å². The van der Waals surface area contributed by atoms with E-state index in [9.17, 15) is 0 Å². The molecular formula is C22H46N2. The fourth-order valence-electron chi connectivity index (χ4n) is 4.85. The van der Waals surface area contributed by atoms with Crippen LogP contribution in [0.4, 0.5) is 0 Å². The van der Waals surface area contributed by atoms with Gasteiger partial charge in [-0.25, -0.2) is 0 Å². The van der Waals surface area contributed by atoms with E-state index < -0.39 is 0 Å². The van der Waals surface area contributed by atoms with Crippen LogP contribution in [-0.2, 0) is 0 Å². The van der Waals surface area contributed by atoms with Crippen LogP contribution < -0.4 is 11.5 Å². The maximum Gasteiger partial charge on any atom is -0.00745 e. The van der Waals surface area contributed by atoms with Crippen molar-refractivity contribution in [1.29, 1.82) is 0 Å². The third kappa shape index (κ3) is 8.34. The third-order valence-electron chi connectivity index (χ3n) is 6.87. The van der Waals surface area contributed by atoms with E-state index in [2.05, 4.69) is 13.8 Å². The van der Waals surface area contributed by atoms with E-state index >= 15 is 0 Å². The van der Waals surface area contributed by atoms with Crippen molar-refractivity contribution in [3.63, 3.8) is 0 Å². The summed E-state index contributed by atoms with van der Waals surface area (Å²) in [7, 11) is 0. The van der Waals surface area contributed by atoms with Gasteiger partial charge >= 0.3 is 0 Å². The number of hydrogen-bond acceptors (Lipinski definition) is 2. The minimum Gasteiger partial charge on any atom is -0.330 e. The molecule has 4 N–H and O–H groups in total. The fraction of sp³-hybridized carbons (Fsp3) is 1.00. The van der Waals surface area contributed by atoms with Gasteiger partial charge in [-0.2, -0.15) is 0 Å². The van der Waals surface area contributed by atoms with E-state index in [1.807, 2.05) is 0 Å². The highest BCUT2D eigenvalue weighted by Crippen LogP contribution is 2.44. The lowest BCUT2D eigenvalue weighted by atomic mass is 9.64. The SMILES string of the molecule is CC1C(CCN)CCCCCCCCCCC1(C)CCCCCN. The summed E-state index contributed by atoms with van der Waals surface area (Å²) < 4.78 is 0. The van der Waals surface area contributed by atoms with Crippen molar-refractivity contribution in [2.75, 3.05) is 13.1 Å². The summed E-state index contributed by atoms with van der Waals surface area (Å²) in [5.41, 5.74) is 12.2. The zero-order valence-electron chi connectivity index (χ0n) is 16.8. The van der Waals surface area contributed by atoms with Gasteiger partial charge in [0.2, 0.25) is 0 Å². The molecule has 0 heterocycles. The second-order valence-electron chi connectivity index (χ2n) is 8.75. The Labute approximate surface area is 152 Å². The molecule has 2 nitrogen and oxygen atoms in total. The number of nitrogens with two attached hydrogens (primary N) is 2. The maximum atomic E-state index is 5.98. The zero-order valence-corrected chi connectivity index (χ0v) is 16.8. The summed E-state index contributed by atoms with van der Waals surface area (Å²) in [5.74, 6) is 1.63. The predicted octanol–water partition coefficient (Wildman–Crippen LogP) is 6.03. The van der Waals surface area contributed by atoms with Crippen LogP contribution in [0.15, 0.2) is 0 Å². The minimum absolute atomic E-state index is 0.502. The van der Waals surface area contributed by atoms with Gasteiger partial charge in [0.15, 0.2) is 0 Å². The van der Waals surface area contributed by atoms with Crippen molar-refractivity contribution in [3.05, 3.63) is 0 Å². The second kappa shape index (κ2) is 13.2. The van der Waals surface area contributed by atoms with Crippen LogP contribution in [0.1, 0.15) is 110 Å². The Bertz CT molecular complexity index is 292. The first-order chi connectivity index (χ1) is 11.6. The summed E-state index contributed by atoms with van der Waals surface area (Å²) in [6.07, 6.45) is 20.8. The molecule has 1 aliphatic rings. The number of hydrogen-bond donors (Lipinski definition) is 2. The van der Waals surface area contributed by atoms with Crippen molar-refractivity contribution in [1.82, 2.24) is 0 Å². The van der Waals surface area contributed by atoms with Crippen LogP contribution >= 0.6 is 0 Å². The smallest absolute Gasteiger partial charge is 0.00745 e. The quantitative estimate of drug-likeness (QED) is 0.557. The van der Waals surface area contributed by atoms with Crippen molar-refractivity contribution in [2.45, 2.75) is 110 Å². The molecule has 0 spiro atoms. The Kier molecular flexibility index (Phi) is 12.0. The Balaban J connectivity index is 2.72. The van der Waals surface area contributed by atoms with E-state index in [-0.39, 0.29) is 0 Å². The molecule has 1 rings (SSSR count). The van der Waals surface area contributed by atoms with Gasteiger partial charge in [-0.05, 0) is 56.0 Å². The van der Waals surface area contributed by atoms with Crippen molar-refractivity contribution in [2.24, 2.45) is 28.7 Å². The Hall–Kier alpha value is -0.0800. The highest BCUT2D eigenvalue weighted by atomic mass is 14.5. The lowest BCUT2D eigenvalue weighted by molar-refractivity contribution is 0.0930. The summed E-state index contributed by atoms with van der Waals surface area (Å²) in [6.45, 7) is 6.84. The average Bonchev–Trinajstić information content (AvgIpc) is 2.59. The van der Waals surface area contributed by atoms with E-state index in [1.54, 1.807) is 0 Å². The number of unbranched alkanes of at least 4 members (excludes halogenated alkanes) is 2. The highest BCUT2D eigenvalue weighted by Gasteiger charge is 2.34. The maximum absolute atomic E-state index is 5.98. The van der Waals surface area contributed by atoms with Crippen molar-refractivity contribution < 1.29 is 0 Å². The Morgan fingerprint density at radius 1 is 0.792 bits per heavy atom. The molecule has 144 valence electrons. The molecule has 0 aliphatic heterocycles. The van der Waals surface area contributed by atoms with E-state index in [0.717, 1.165) is 24.9 Å². The lowest BCUT2D eigenvalue weighted by Crippen LogP contribution is -2.32. The molecule has 0 aromatic rings. The van der Waals surface area contributed by atoms with Gasteiger partial charge in [0.25, 0.3) is 0 Å².